The highest BCUT2D eigenvalue weighted by atomic mass is 16.1. The van der Waals surface area contributed by atoms with E-state index in [-0.39, 0.29) is 17.7 Å². The molecule has 1 heterocycles. The standard InChI is InChI=1S/C9H19N3O/c1-8(2)6-12-4-3-9(8,11)5-7(10)13/h12H,3-6,11H2,1-2H3,(H2,10,13). The third-order valence-electron chi connectivity index (χ3n) is 3.15. The summed E-state index contributed by atoms with van der Waals surface area (Å²) >= 11 is 0. The molecule has 5 N–H and O–H groups in total. The molecule has 0 aromatic carbocycles. The Kier molecular flexibility index (Phi) is 2.63. The second kappa shape index (κ2) is 3.27. The molecule has 0 saturated carbocycles. The fourth-order valence-corrected chi connectivity index (χ4v) is 1.87. The zero-order valence-electron chi connectivity index (χ0n) is 8.39. The van der Waals surface area contributed by atoms with Crippen molar-refractivity contribution in [2.45, 2.75) is 32.2 Å². The number of carbonyl (C=O) groups excluding carboxylic acids is 1. The Balaban J connectivity index is 2.77. The van der Waals surface area contributed by atoms with Crippen LogP contribution >= 0.6 is 0 Å². The Hall–Kier alpha value is -0.610. The lowest BCUT2D eigenvalue weighted by Crippen LogP contribution is -2.62. The number of piperidine rings is 1. The van der Waals surface area contributed by atoms with Crippen LogP contribution in [0.25, 0.3) is 0 Å². The fourth-order valence-electron chi connectivity index (χ4n) is 1.87. The minimum Gasteiger partial charge on any atom is -0.370 e. The topological polar surface area (TPSA) is 81.1 Å². The highest BCUT2D eigenvalue weighted by molar-refractivity contribution is 5.75. The van der Waals surface area contributed by atoms with Crippen molar-refractivity contribution in [3.8, 4) is 0 Å². The number of rotatable bonds is 2. The maximum Gasteiger partial charge on any atom is 0.219 e. The van der Waals surface area contributed by atoms with Gasteiger partial charge >= 0.3 is 0 Å². The molecular formula is C9H19N3O. The number of amides is 1. The van der Waals surface area contributed by atoms with E-state index < -0.39 is 5.54 Å². The van der Waals surface area contributed by atoms with Crippen molar-refractivity contribution in [2.24, 2.45) is 16.9 Å². The molecule has 76 valence electrons. The Bertz CT molecular complexity index is 215. The van der Waals surface area contributed by atoms with Crippen molar-refractivity contribution in [3.63, 3.8) is 0 Å². The van der Waals surface area contributed by atoms with Gasteiger partial charge in [0.15, 0.2) is 0 Å². The lowest BCUT2D eigenvalue weighted by atomic mass is 9.67. The quantitative estimate of drug-likeness (QED) is 0.546. The van der Waals surface area contributed by atoms with E-state index in [0.29, 0.717) is 0 Å². The van der Waals surface area contributed by atoms with E-state index >= 15 is 0 Å². The highest BCUT2D eigenvalue weighted by Crippen LogP contribution is 2.35. The summed E-state index contributed by atoms with van der Waals surface area (Å²) in [5.41, 5.74) is 10.9. The first-order chi connectivity index (χ1) is 5.87. The molecule has 0 bridgehead atoms. The van der Waals surface area contributed by atoms with Crippen molar-refractivity contribution in [1.29, 1.82) is 0 Å². The predicted molar refractivity (Wildman–Crippen MR) is 52.0 cm³/mol. The summed E-state index contributed by atoms with van der Waals surface area (Å²) < 4.78 is 0. The molecule has 1 aliphatic heterocycles. The van der Waals surface area contributed by atoms with Gasteiger partial charge in [-0.25, -0.2) is 0 Å². The average Bonchev–Trinajstić information content (AvgIpc) is 1.94. The van der Waals surface area contributed by atoms with Crippen molar-refractivity contribution >= 4 is 5.91 Å². The molecule has 4 heteroatoms. The minimum absolute atomic E-state index is 0.0692. The molecule has 1 atom stereocenters. The molecule has 1 aliphatic rings. The molecular weight excluding hydrogens is 166 g/mol. The van der Waals surface area contributed by atoms with Gasteiger partial charge in [0.2, 0.25) is 5.91 Å². The van der Waals surface area contributed by atoms with E-state index in [1.807, 2.05) is 0 Å². The SMILES string of the molecule is CC1(C)CNCCC1(N)CC(N)=O. The zero-order valence-corrected chi connectivity index (χ0v) is 8.39. The summed E-state index contributed by atoms with van der Waals surface area (Å²) in [5, 5.41) is 3.27. The number of carbonyl (C=O) groups is 1. The van der Waals surface area contributed by atoms with Gasteiger partial charge in [0.1, 0.15) is 0 Å². The zero-order chi connectivity index (χ0) is 10.1. The lowest BCUT2D eigenvalue weighted by Gasteiger charge is -2.47. The average molecular weight is 185 g/mol. The molecule has 1 amide bonds. The van der Waals surface area contributed by atoms with Gasteiger partial charge < -0.3 is 16.8 Å². The van der Waals surface area contributed by atoms with Crippen LogP contribution in [0.1, 0.15) is 26.7 Å². The maximum absolute atomic E-state index is 10.9. The largest absolute Gasteiger partial charge is 0.370 e. The van der Waals surface area contributed by atoms with E-state index in [4.69, 9.17) is 11.5 Å². The van der Waals surface area contributed by atoms with E-state index in [9.17, 15) is 4.79 Å². The Morgan fingerprint density at radius 1 is 1.54 bits per heavy atom. The number of hydrogen-bond acceptors (Lipinski definition) is 3. The first-order valence-electron chi connectivity index (χ1n) is 4.65. The molecule has 1 fully saturated rings. The lowest BCUT2D eigenvalue weighted by molar-refractivity contribution is -0.120. The molecule has 1 saturated heterocycles. The van der Waals surface area contributed by atoms with Gasteiger partial charge in [-0.3, -0.25) is 4.79 Å². The van der Waals surface area contributed by atoms with E-state index in [1.165, 1.54) is 0 Å². The number of primary amides is 1. The van der Waals surface area contributed by atoms with Crippen molar-refractivity contribution in [1.82, 2.24) is 5.32 Å². The maximum atomic E-state index is 10.9. The molecule has 1 rings (SSSR count). The molecule has 4 nitrogen and oxygen atoms in total. The van der Waals surface area contributed by atoms with Gasteiger partial charge in [0, 0.05) is 18.5 Å². The van der Waals surface area contributed by atoms with Crippen molar-refractivity contribution in [3.05, 3.63) is 0 Å². The Morgan fingerprint density at radius 2 is 2.15 bits per heavy atom. The molecule has 1 unspecified atom stereocenters. The highest BCUT2D eigenvalue weighted by Gasteiger charge is 2.44. The summed E-state index contributed by atoms with van der Waals surface area (Å²) in [6.45, 7) is 5.86. The van der Waals surface area contributed by atoms with Crippen LogP contribution in [-0.2, 0) is 4.79 Å². The normalized spacial score (nSPS) is 32.8. The monoisotopic (exact) mass is 185 g/mol. The van der Waals surface area contributed by atoms with Crippen molar-refractivity contribution < 1.29 is 4.79 Å². The van der Waals surface area contributed by atoms with Gasteiger partial charge in [-0.05, 0) is 18.4 Å². The summed E-state index contributed by atoms with van der Waals surface area (Å²) in [6.07, 6.45) is 1.09. The first kappa shape index (κ1) is 10.5. The van der Waals surface area contributed by atoms with Crippen LogP contribution < -0.4 is 16.8 Å². The number of nitrogens with two attached hydrogens (primary N) is 2. The third-order valence-corrected chi connectivity index (χ3v) is 3.15. The molecule has 0 aromatic rings. The second-order valence-electron chi connectivity index (χ2n) is 4.61. The van der Waals surface area contributed by atoms with E-state index in [0.717, 1.165) is 19.5 Å². The minimum atomic E-state index is -0.440. The smallest absolute Gasteiger partial charge is 0.219 e. The number of hydrogen-bond donors (Lipinski definition) is 3. The summed E-state index contributed by atoms with van der Waals surface area (Å²) in [5.74, 6) is -0.308. The fraction of sp³-hybridized carbons (Fsp3) is 0.889. The predicted octanol–water partition coefficient (Wildman–Crippen LogP) is -0.421. The van der Waals surface area contributed by atoms with Gasteiger partial charge in [-0.1, -0.05) is 13.8 Å². The molecule has 0 aliphatic carbocycles. The van der Waals surface area contributed by atoms with Crippen LogP contribution in [0.2, 0.25) is 0 Å². The van der Waals surface area contributed by atoms with Crippen LogP contribution in [0.15, 0.2) is 0 Å². The van der Waals surface area contributed by atoms with Crippen molar-refractivity contribution in [2.75, 3.05) is 13.1 Å². The van der Waals surface area contributed by atoms with Crippen LogP contribution in [0, 0.1) is 5.41 Å². The molecule has 13 heavy (non-hydrogen) atoms. The summed E-state index contributed by atoms with van der Waals surface area (Å²) in [4.78, 5) is 10.9. The molecule has 0 spiro atoms. The summed E-state index contributed by atoms with van der Waals surface area (Å²) in [6, 6.07) is 0. The van der Waals surface area contributed by atoms with E-state index in [2.05, 4.69) is 19.2 Å². The van der Waals surface area contributed by atoms with Gasteiger partial charge in [0.25, 0.3) is 0 Å². The Labute approximate surface area is 79.0 Å². The first-order valence-corrected chi connectivity index (χ1v) is 4.65. The van der Waals surface area contributed by atoms with Gasteiger partial charge in [-0.2, -0.15) is 0 Å². The van der Waals surface area contributed by atoms with Crippen LogP contribution in [0.4, 0.5) is 0 Å². The van der Waals surface area contributed by atoms with Gasteiger partial charge in [-0.15, -0.1) is 0 Å². The third kappa shape index (κ3) is 2.00. The Morgan fingerprint density at radius 3 is 2.62 bits per heavy atom. The van der Waals surface area contributed by atoms with Crippen LogP contribution in [-0.4, -0.2) is 24.5 Å². The van der Waals surface area contributed by atoms with Crippen LogP contribution in [0.5, 0.6) is 0 Å². The molecule has 0 radical (unpaired) electrons. The van der Waals surface area contributed by atoms with Gasteiger partial charge in [0.05, 0.1) is 0 Å². The number of nitrogens with one attached hydrogen (secondary N) is 1. The van der Waals surface area contributed by atoms with Crippen LogP contribution in [0.3, 0.4) is 0 Å². The second-order valence-corrected chi connectivity index (χ2v) is 4.61. The summed E-state index contributed by atoms with van der Waals surface area (Å²) in [7, 11) is 0. The molecule has 0 aromatic heterocycles. The van der Waals surface area contributed by atoms with E-state index in [1.54, 1.807) is 0 Å².